The monoisotopic (exact) mass is 288 g/mol. The lowest BCUT2D eigenvalue weighted by Crippen LogP contribution is -2.35. The number of alkyl halides is 3. The fraction of sp³-hybridized carbons (Fsp3) is 0.571. The molecule has 0 radical (unpaired) electrons. The molecule has 0 aromatic heterocycles. The smallest absolute Gasteiger partial charge is 0.406 e. The molecule has 2 N–H and O–H groups in total. The van der Waals surface area contributed by atoms with Crippen LogP contribution in [-0.4, -0.2) is 30.9 Å². The first-order chi connectivity index (χ1) is 9.46. The number of benzene rings is 1. The second-order valence-electron chi connectivity index (χ2n) is 5.15. The Balaban J connectivity index is 1.85. The van der Waals surface area contributed by atoms with Gasteiger partial charge in [0.1, 0.15) is 5.75 Å². The molecule has 0 saturated carbocycles. The zero-order valence-electron chi connectivity index (χ0n) is 11.2. The minimum atomic E-state index is -4.63. The molecule has 0 aliphatic carbocycles. The van der Waals surface area contributed by atoms with Crippen molar-refractivity contribution in [3.05, 3.63) is 29.8 Å². The standard InChI is InChI=1S/C14H19F3N2O/c15-14(16,17)20-13-3-1-12(2-4-13)10-19-7-5-11(9-18)6-8-19/h1-4,11H,5-10,18H2. The molecule has 20 heavy (non-hydrogen) atoms. The summed E-state index contributed by atoms with van der Waals surface area (Å²) in [6.07, 6.45) is -2.46. The van der Waals surface area contributed by atoms with E-state index >= 15 is 0 Å². The van der Waals surface area contributed by atoms with Crippen molar-refractivity contribution in [1.29, 1.82) is 0 Å². The molecular weight excluding hydrogens is 269 g/mol. The van der Waals surface area contributed by atoms with E-state index in [4.69, 9.17) is 5.73 Å². The predicted octanol–water partition coefficient (Wildman–Crippen LogP) is 2.76. The van der Waals surface area contributed by atoms with Gasteiger partial charge in [0.2, 0.25) is 0 Å². The number of rotatable bonds is 4. The molecule has 1 aliphatic heterocycles. The molecule has 1 aromatic rings. The second kappa shape index (κ2) is 6.45. The van der Waals surface area contributed by atoms with Gasteiger partial charge in [-0.25, -0.2) is 0 Å². The van der Waals surface area contributed by atoms with Crippen LogP contribution in [0.5, 0.6) is 5.75 Å². The van der Waals surface area contributed by atoms with Crippen LogP contribution in [-0.2, 0) is 6.54 Å². The topological polar surface area (TPSA) is 38.5 Å². The molecule has 0 spiro atoms. The van der Waals surface area contributed by atoms with Crippen molar-refractivity contribution in [2.24, 2.45) is 11.7 Å². The van der Waals surface area contributed by atoms with Gasteiger partial charge in [-0.3, -0.25) is 4.90 Å². The molecule has 3 nitrogen and oxygen atoms in total. The zero-order chi connectivity index (χ0) is 14.6. The second-order valence-corrected chi connectivity index (χ2v) is 5.15. The summed E-state index contributed by atoms with van der Waals surface area (Å²) in [5.41, 5.74) is 6.64. The minimum Gasteiger partial charge on any atom is -0.406 e. The van der Waals surface area contributed by atoms with Gasteiger partial charge in [-0.2, -0.15) is 0 Å². The van der Waals surface area contributed by atoms with E-state index in [1.165, 1.54) is 12.1 Å². The van der Waals surface area contributed by atoms with E-state index in [9.17, 15) is 13.2 Å². The number of hydrogen-bond donors (Lipinski definition) is 1. The first-order valence-electron chi connectivity index (χ1n) is 6.73. The maximum Gasteiger partial charge on any atom is 0.573 e. The Kier molecular flexibility index (Phi) is 4.88. The number of ether oxygens (including phenoxy) is 1. The maximum atomic E-state index is 12.0. The van der Waals surface area contributed by atoms with E-state index in [1.807, 2.05) is 0 Å². The average Bonchev–Trinajstić information content (AvgIpc) is 2.40. The highest BCUT2D eigenvalue weighted by Gasteiger charge is 2.31. The number of piperidine rings is 1. The summed E-state index contributed by atoms with van der Waals surface area (Å²) < 4.78 is 40.0. The van der Waals surface area contributed by atoms with Crippen LogP contribution >= 0.6 is 0 Å². The molecule has 6 heteroatoms. The van der Waals surface area contributed by atoms with Gasteiger partial charge in [0.25, 0.3) is 0 Å². The van der Waals surface area contributed by atoms with Crippen molar-refractivity contribution in [3.8, 4) is 5.75 Å². The zero-order valence-corrected chi connectivity index (χ0v) is 11.2. The molecular formula is C14H19F3N2O. The summed E-state index contributed by atoms with van der Waals surface area (Å²) in [6.45, 7) is 3.46. The third kappa shape index (κ3) is 4.68. The van der Waals surface area contributed by atoms with Crippen LogP contribution in [0.3, 0.4) is 0 Å². The Hall–Kier alpha value is -1.27. The lowest BCUT2D eigenvalue weighted by Gasteiger charge is -2.31. The van der Waals surface area contributed by atoms with Crippen LogP contribution in [0.1, 0.15) is 18.4 Å². The van der Waals surface area contributed by atoms with E-state index in [-0.39, 0.29) is 5.75 Å². The first-order valence-corrected chi connectivity index (χ1v) is 6.73. The summed E-state index contributed by atoms with van der Waals surface area (Å²) in [6, 6.07) is 6.07. The van der Waals surface area contributed by atoms with Crippen molar-refractivity contribution in [2.75, 3.05) is 19.6 Å². The molecule has 1 saturated heterocycles. The molecule has 0 unspecified atom stereocenters. The quantitative estimate of drug-likeness (QED) is 0.926. The van der Waals surface area contributed by atoms with Crippen molar-refractivity contribution in [1.82, 2.24) is 4.90 Å². The lowest BCUT2D eigenvalue weighted by molar-refractivity contribution is -0.274. The van der Waals surface area contributed by atoms with Gasteiger partial charge in [-0.1, -0.05) is 12.1 Å². The van der Waals surface area contributed by atoms with Crippen LogP contribution in [0, 0.1) is 5.92 Å². The van der Waals surface area contributed by atoms with Gasteiger partial charge in [0.05, 0.1) is 0 Å². The number of nitrogens with zero attached hydrogens (tertiary/aromatic N) is 1. The fourth-order valence-electron chi connectivity index (χ4n) is 2.43. The van der Waals surface area contributed by atoms with E-state index in [0.29, 0.717) is 5.92 Å². The van der Waals surface area contributed by atoms with Crippen LogP contribution in [0.15, 0.2) is 24.3 Å². The molecule has 0 amide bonds. The van der Waals surface area contributed by atoms with Crippen LogP contribution in [0.2, 0.25) is 0 Å². The molecule has 0 bridgehead atoms. The third-order valence-electron chi connectivity index (χ3n) is 3.60. The number of likely N-dealkylation sites (tertiary alicyclic amines) is 1. The maximum absolute atomic E-state index is 12.0. The lowest BCUT2D eigenvalue weighted by atomic mass is 9.97. The largest absolute Gasteiger partial charge is 0.573 e. The van der Waals surface area contributed by atoms with Crippen molar-refractivity contribution in [2.45, 2.75) is 25.7 Å². The van der Waals surface area contributed by atoms with Crippen LogP contribution in [0.25, 0.3) is 0 Å². The first kappa shape index (κ1) is 15.1. The van der Waals surface area contributed by atoms with E-state index in [0.717, 1.165) is 44.6 Å². The highest BCUT2D eigenvalue weighted by Crippen LogP contribution is 2.24. The Labute approximate surface area is 116 Å². The van der Waals surface area contributed by atoms with Gasteiger partial charge >= 0.3 is 6.36 Å². The summed E-state index contributed by atoms with van der Waals surface area (Å²) >= 11 is 0. The molecule has 1 aromatic carbocycles. The third-order valence-corrected chi connectivity index (χ3v) is 3.60. The summed E-state index contributed by atoms with van der Waals surface area (Å²) in [5, 5.41) is 0. The predicted molar refractivity (Wildman–Crippen MR) is 70.2 cm³/mol. The summed E-state index contributed by atoms with van der Waals surface area (Å²) in [4.78, 5) is 2.30. The number of halogens is 3. The van der Waals surface area contributed by atoms with Crippen molar-refractivity contribution >= 4 is 0 Å². The molecule has 0 atom stereocenters. The Bertz CT molecular complexity index is 411. The Morgan fingerprint density at radius 1 is 1.15 bits per heavy atom. The molecule has 112 valence electrons. The average molecular weight is 288 g/mol. The normalized spacial score (nSPS) is 18.2. The fourth-order valence-corrected chi connectivity index (χ4v) is 2.43. The van der Waals surface area contributed by atoms with E-state index in [1.54, 1.807) is 12.1 Å². The Morgan fingerprint density at radius 2 is 1.75 bits per heavy atom. The number of nitrogens with two attached hydrogens (primary N) is 1. The van der Waals surface area contributed by atoms with Gasteiger partial charge in [-0.15, -0.1) is 13.2 Å². The SMILES string of the molecule is NCC1CCN(Cc2ccc(OC(F)(F)F)cc2)CC1. The van der Waals surface area contributed by atoms with Crippen LogP contribution in [0.4, 0.5) is 13.2 Å². The minimum absolute atomic E-state index is 0.178. The molecule has 1 fully saturated rings. The molecule has 2 rings (SSSR count). The summed E-state index contributed by atoms with van der Waals surface area (Å²) in [7, 11) is 0. The van der Waals surface area contributed by atoms with Crippen molar-refractivity contribution in [3.63, 3.8) is 0 Å². The van der Waals surface area contributed by atoms with Gasteiger partial charge in [0.15, 0.2) is 0 Å². The van der Waals surface area contributed by atoms with Crippen LogP contribution < -0.4 is 10.5 Å². The number of hydrogen-bond acceptors (Lipinski definition) is 3. The van der Waals surface area contributed by atoms with E-state index < -0.39 is 6.36 Å². The Morgan fingerprint density at radius 3 is 2.25 bits per heavy atom. The van der Waals surface area contributed by atoms with Gasteiger partial charge in [0, 0.05) is 6.54 Å². The van der Waals surface area contributed by atoms with Gasteiger partial charge in [-0.05, 0) is 56.1 Å². The van der Waals surface area contributed by atoms with E-state index in [2.05, 4.69) is 9.64 Å². The summed E-state index contributed by atoms with van der Waals surface area (Å²) in [5.74, 6) is 0.428. The highest BCUT2D eigenvalue weighted by molar-refractivity contribution is 5.27. The van der Waals surface area contributed by atoms with Crippen molar-refractivity contribution < 1.29 is 17.9 Å². The molecule has 1 aliphatic rings. The highest BCUT2D eigenvalue weighted by atomic mass is 19.4. The molecule has 1 heterocycles. The van der Waals surface area contributed by atoms with Gasteiger partial charge < -0.3 is 10.5 Å².